The Kier molecular flexibility index (Phi) is 2.43. The summed E-state index contributed by atoms with van der Waals surface area (Å²) in [5.41, 5.74) is 3.44. The minimum absolute atomic E-state index is 0.634. The highest BCUT2D eigenvalue weighted by atomic mass is 15.2. The lowest BCUT2D eigenvalue weighted by Crippen LogP contribution is -2.46. The molecule has 1 aromatic heterocycles. The molecular weight excluding hydrogens is 198 g/mol. The van der Waals surface area contributed by atoms with Gasteiger partial charge in [0.05, 0.1) is 17.1 Å². The molecule has 0 unspecified atom stereocenters. The van der Waals surface area contributed by atoms with E-state index in [0.29, 0.717) is 5.92 Å². The molecule has 1 atom stereocenters. The van der Waals surface area contributed by atoms with Crippen LogP contribution in [0.4, 0.5) is 0 Å². The average Bonchev–Trinajstić information content (AvgIpc) is 2.34. The van der Waals surface area contributed by atoms with Crippen molar-refractivity contribution in [2.75, 3.05) is 19.6 Å². The lowest BCUT2D eigenvalue weighted by Gasteiger charge is -2.44. The molecule has 0 aromatic carbocycles. The number of hydrogen-bond donors (Lipinski definition) is 0. The molecule has 0 spiro atoms. The molecule has 86 valence electrons. The number of aromatic nitrogens is 2. The van der Waals surface area contributed by atoms with Crippen LogP contribution in [0.1, 0.15) is 35.8 Å². The van der Waals surface area contributed by atoms with E-state index in [4.69, 9.17) is 4.98 Å². The standard InChI is InChI=1S/C13H19N3/c1-9-7-14-10(2)13(15-9)12-8-16-5-3-11(12)4-6-16/h7,11-12H,3-6,8H2,1-2H3/t12-/m0/s1. The molecule has 0 amide bonds. The molecular formula is C13H19N3. The maximum Gasteiger partial charge on any atom is 0.0665 e. The van der Waals surface area contributed by atoms with Crippen LogP contribution in [0, 0.1) is 19.8 Å². The molecule has 4 heterocycles. The van der Waals surface area contributed by atoms with E-state index in [2.05, 4.69) is 16.8 Å². The second-order valence-electron chi connectivity index (χ2n) is 5.23. The van der Waals surface area contributed by atoms with Crippen molar-refractivity contribution in [2.24, 2.45) is 5.92 Å². The van der Waals surface area contributed by atoms with Crippen molar-refractivity contribution >= 4 is 0 Å². The zero-order valence-electron chi connectivity index (χ0n) is 10.1. The van der Waals surface area contributed by atoms with E-state index < -0.39 is 0 Å². The van der Waals surface area contributed by atoms with Gasteiger partial charge < -0.3 is 4.90 Å². The van der Waals surface area contributed by atoms with Crippen molar-refractivity contribution in [2.45, 2.75) is 32.6 Å². The highest BCUT2D eigenvalue weighted by Gasteiger charge is 2.36. The van der Waals surface area contributed by atoms with Gasteiger partial charge in [0.25, 0.3) is 0 Å². The van der Waals surface area contributed by atoms with Gasteiger partial charge in [-0.05, 0) is 45.7 Å². The zero-order chi connectivity index (χ0) is 11.1. The molecule has 3 heteroatoms. The molecule has 3 aliphatic heterocycles. The number of rotatable bonds is 1. The highest BCUT2D eigenvalue weighted by molar-refractivity contribution is 5.20. The molecule has 3 aliphatic rings. The first-order valence-corrected chi connectivity index (χ1v) is 6.26. The maximum atomic E-state index is 4.73. The summed E-state index contributed by atoms with van der Waals surface area (Å²) in [6.45, 7) is 7.92. The predicted octanol–water partition coefficient (Wildman–Crippen LogP) is 1.90. The fraction of sp³-hybridized carbons (Fsp3) is 0.692. The molecule has 0 saturated carbocycles. The average molecular weight is 217 g/mol. The van der Waals surface area contributed by atoms with Gasteiger partial charge in [-0.3, -0.25) is 9.97 Å². The van der Waals surface area contributed by atoms with Crippen LogP contribution >= 0.6 is 0 Å². The quantitative estimate of drug-likeness (QED) is 0.719. The fourth-order valence-corrected chi connectivity index (χ4v) is 3.18. The topological polar surface area (TPSA) is 29.0 Å². The number of nitrogens with zero attached hydrogens (tertiary/aromatic N) is 3. The van der Waals surface area contributed by atoms with Gasteiger partial charge in [0.1, 0.15) is 0 Å². The van der Waals surface area contributed by atoms with Gasteiger partial charge in [-0.1, -0.05) is 0 Å². The van der Waals surface area contributed by atoms with Crippen LogP contribution in [0.3, 0.4) is 0 Å². The molecule has 2 bridgehead atoms. The minimum Gasteiger partial charge on any atom is -0.303 e. The third-order valence-corrected chi connectivity index (χ3v) is 4.12. The van der Waals surface area contributed by atoms with Crippen molar-refractivity contribution in [1.29, 1.82) is 0 Å². The fourth-order valence-electron chi connectivity index (χ4n) is 3.18. The summed E-state index contributed by atoms with van der Waals surface area (Å²) in [6, 6.07) is 0. The van der Waals surface area contributed by atoms with E-state index in [9.17, 15) is 0 Å². The van der Waals surface area contributed by atoms with Crippen LogP contribution < -0.4 is 0 Å². The summed E-state index contributed by atoms with van der Waals surface area (Å²) < 4.78 is 0. The number of aryl methyl sites for hydroxylation is 2. The first-order valence-electron chi connectivity index (χ1n) is 6.26. The molecule has 3 fully saturated rings. The summed E-state index contributed by atoms with van der Waals surface area (Å²) in [5, 5.41) is 0. The monoisotopic (exact) mass is 217 g/mol. The second-order valence-corrected chi connectivity index (χ2v) is 5.23. The van der Waals surface area contributed by atoms with Crippen LogP contribution in [0.25, 0.3) is 0 Å². The second kappa shape index (κ2) is 3.81. The summed E-state index contributed by atoms with van der Waals surface area (Å²) in [5.74, 6) is 1.48. The Morgan fingerprint density at radius 2 is 2.00 bits per heavy atom. The van der Waals surface area contributed by atoms with Gasteiger partial charge in [0.2, 0.25) is 0 Å². The van der Waals surface area contributed by atoms with E-state index in [-0.39, 0.29) is 0 Å². The molecule has 0 aliphatic carbocycles. The van der Waals surface area contributed by atoms with Crippen molar-refractivity contribution in [3.8, 4) is 0 Å². The van der Waals surface area contributed by atoms with Crippen molar-refractivity contribution in [3.05, 3.63) is 23.3 Å². The van der Waals surface area contributed by atoms with Crippen molar-refractivity contribution in [1.82, 2.24) is 14.9 Å². The van der Waals surface area contributed by atoms with Gasteiger partial charge in [-0.25, -0.2) is 0 Å². The van der Waals surface area contributed by atoms with Crippen LogP contribution in [0.5, 0.6) is 0 Å². The zero-order valence-corrected chi connectivity index (χ0v) is 10.1. The number of piperidine rings is 3. The Bertz CT molecular complexity index is 394. The Labute approximate surface area is 96.9 Å². The van der Waals surface area contributed by atoms with Crippen molar-refractivity contribution < 1.29 is 0 Å². The van der Waals surface area contributed by atoms with Crippen LogP contribution in [0.15, 0.2) is 6.20 Å². The predicted molar refractivity (Wildman–Crippen MR) is 63.4 cm³/mol. The van der Waals surface area contributed by atoms with E-state index >= 15 is 0 Å². The first-order chi connectivity index (χ1) is 7.74. The molecule has 1 aromatic rings. The molecule has 3 nitrogen and oxygen atoms in total. The van der Waals surface area contributed by atoms with E-state index in [1.54, 1.807) is 0 Å². The van der Waals surface area contributed by atoms with Gasteiger partial charge >= 0.3 is 0 Å². The Morgan fingerprint density at radius 3 is 2.62 bits per heavy atom. The van der Waals surface area contributed by atoms with Gasteiger partial charge in [0, 0.05) is 18.7 Å². The van der Waals surface area contributed by atoms with Gasteiger partial charge in [-0.2, -0.15) is 0 Å². The Balaban J connectivity index is 1.94. The summed E-state index contributed by atoms with van der Waals surface area (Å²) >= 11 is 0. The molecule has 3 saturated heterocycles. The Hall–Kier alpha value is -0.960. The normalized spacial score (nSPS) is 33.0. The SMILES string of the molecule is Cc1cnc(C)c([C@H]2CN3CCC2CC3)n1. The number of fused-ring (bicyclic) bond motifs is 3. The lowest BCUT2D eigenvalue weighted by molar-refractivity contribution is 0.0849. The lowest BCUT2D eigenvalue weighted by atomic mass is 9.77. The van der Waals surface area contributed by atoms with E-state index in [1.807, 2.05) is 13.1 Å². The third-order valence-electron chi connectivity index (χ3n) is 4.12. The minimum atomic E-state index is 0.634. The summed E-state index contributed by atoms with van der Waals surface area (Å²) in [6.07, 6.45) is 4.57. The highest BCUT2D eigenvalue weighted by Crippen LogP contribution is 2.38. The molecule has 16 heavy (non-hydrogen) atoms. The van der Waals surface area contributed by atoms with Gasteiger partial charge in [0.15, 0.2) is 0 Å². The largest absolute Gasteiger partial charge is 0.303 e. The summed E-state index contributed by atoms with van der Waals surface area (Å²) in [7, 11) is 0. The summed E-state index contributed by atoms with van der Waals surface area (Å²) in [4.78, 5) is 11.8. The van der Waals surface area contributed by atoms with Gasteiger partial charge in [-0.15, -0.1) is 0 Å². The molecule has 4 rings (SSSR count). The first kappa shape index (κ1) is 10.2. The third kappa shape index (κ3) is 1.63. The van der Waals surface area contributed by atoms with E-state index in [1.165, 1.54) is 38.2 Å². The number of hydrogen-bond acceptors (Lipinski definition) is 3. The van der Waals surface area contributed by atoms with Crippen molar-refractivity contribution in [3.63, 3.8) is 0 Å². The Morgan fingerprint density at radius 1 is 1.25 bits per heavy atom. The maximum absolute atomic E-state index is 4.73. The smallest absolute Gasteiger partial charge is 0.0665 e. The molecule has 0 radical (unpaired) electrons. The van der Waals surface area contributed by atoms with Crippen LogP contribution in [-0.4, -0.2) is 34.5 Å². The van der Waals surface area contributed by atoms with E-state index in [0.717, 1.165) is 17.3 Å². The van der Waals surface area contributed by atoms with Crippen LogP contribution in [0.2, 0.25) is 0 Å². The van der Waals surface area contributed by atoms with Crippen LogP contribution in [-0.2, 0) is 0 Å². The molecule has 0 N–H and O–H groups in total.